The van der Waals surface area contributed by atoms with E-state index in [1.54, 1.807) is 36.0 Å². The van der Waals surface area contributed by atoms with E-state index in [1.165, 1.54) is 7.11 Å². The van der Waals surface area contributed by atoms with E-state index in [0.29, 0.717) is 17.1 Å². The minimum absolute atomic E-state index is 0.0240. The highest BCUT2D eigenvalue weighted by atomic mass is 35.5. The van der Waals surface area contributed by atoms with Gasteiger partial charge in [0.05, 0.1) is 17.9 Å². The molecular formula is C19H20ClNO3S. The molecule has 0 spiro atoms. The molecule has 1 atom stereocenters. The molecule has 132 valence electrons. The Kier molecular flexibility index (Phi) is 7.34. The number of ether oxygens (including phenoxy) is 1. The summed E-state index contributed by atoms with van der Waals surface area (Å²) in [7, 11) is 1.35. The summed E-state index contributed by atoms with van der Waals surface area (Å²) in [5.74, 6) is 0.328. The van der Waals surface area contributed by atoms with Crippen LogP contribution in [-0.2, 0) is 21.8 Å². The van der Waals surface area contributed by atoms with E-state index in [4.69, 9.17) is 11.6 Å². The Balaban J connectivity index is 1.80. The number of carbonyl (C=O) groups is 2. The molecule has 0 heterocycles. The average Bonchev–Trinajstić information content (AvgIpc) is 2.64. The van der Waals surface area contributed by atoms with Crippen LogP contribution in [0.2, 0.25) is 5.02 Å². The predicted octanol–water partition coefficient (Wildman–Crippen LogP) is 4.06. The lowest BCUT2D eigenvalue weighted by Gasteiger charge is -2.12. The summed E-state index contributed by atoms with van der Waals surface area (Å²) >= 11 is 7.52. The van der Waals surface area contributed by atoms with Crippen LogP contribution in [0.1, 0.15) is 28.4 Å². The quantitative estimate of drug-likeness (QED) is 0.739. The number of hydrogen-bond donors (Lipinski definition) is 1. The highest BCUT2D eigenvalue weighted by Crippen LogP contribution is 2.20. The van der Waals surface area contributed by atoms with Crippen LogP contribution in [0.15, 0.2) is 48.5 Å². The Morgan fingerprint density at radius 1 is 1.16 bits per heavy atom. The van der Waals surface area contributed by atoms with Crippen molar-refractivity contribution in [3.8, 4) is 0 Å². The second-order valence-electron chi connectivity index (χ2n) is 5.49. The first-order chi connectivity index (χ1) is 12.0. The van der Waals surface area contributed by atoms with Crippen LogP contribution in [0.4, 0.5) is 0 Å². The number of rotatable bonds is 7. The van der Waals surface area contributed by atoms with Gasteiger partial charge in [0, 0.05) is 17.3 Å². The van der Waals surface area contributed by atoms with E-state index in [9.17, 15) is 9.59 Å². The van der Waals surface area contributed by atoms with E-state index in [1.807, 2.05) is 31.2 Å². The Morgan fingerprint density at radius 2 is 1.88 bits per heavy atom. The minimum atomic E-state index is -0.373. The molecule has 0 aliphatic rings. The van der Waals surface area contributed by atoms with Crippen molar-refractivity contribution in [2.24, 2.45) is 0 Å². The van der Waals surface area contributed by atoms with Crippen molar-refractivity contribution in [3.63, 3.8) is 0 Å². The molecule has 2 aromatic rings. The first-order valence-corrected chi connectivity index (χ1v) is 9.23. The molecule has 1 amide bonds. The van der Waals surface area contributed by atoms with Crippen molar-refractivity contribution in [3.05, 3.63) is 70.2 Å². The third-order valence-corrected chi connectivity index (χ3v) is 5.05. The molecule has 4 nitrogen and oxygen atoms in total. The number of benzene rings is 2. The third kappa shape index (κ3) is 6.11. The second kappa shape index (κ2) is 9.49. The van der Waals surface area contributed by atoms with Gasteiger partial charge in [0.2, 0.25) is 5.91 Å². The predicted molar refractivity (Wildman–Crippen MR) is 102 cm³/mol. The van der Waals surface area contributed by atoms with Crippen LogP contribution in [0.5, 0.6) is 0 Å². The van der Waals surface area contributed by atoms with Gasteiger partial charge in [-0.15, -0.1) is 11.8 Å². The van der Waals surface area contributed by atoms with Crippen molar-refractivity contribution in [1.82, 2.24) is 5.32 Å². The normalized spacial score (nSPS) is 11.6. The number of amides is 1. The molecule has 2 aromatic carbocycles. The number of hydrogen-bond acceptors (Lipinski definition) is 4. The molecule has 0 fully saturated rings. The zero-order chi connectivity index (χ0) is 18.2. The van der Waals surface area contributed by atoms with Gasteiger partial charge in [0.25, 0.3) is 0 Å². The average molecular weight is 378 g/mol. The van der Waals surface area contributed by atoms with Gasteiger partial charge >= 0.3 is 5.97 Å². The summed E-state index contributed by atoms with van der Waals surface area (Å²) in [5, 5.41) is 3.43. The molecule has 0 aliphatic heterocycles. The van der Waals surface area contributed by atoms with Crippen LogP contribution >= 0.6 is 23.4 Å². The molecule has 0 bridgehead atoms. The lowest BCUT2D eigenvalue weighted by molar-refractivity contribution is -0.120. The van der Waals surface area contributed by atoms with Crippen molar-refractivity contribution in [1.29, 1.82) is 0 Å². The number of nitrogens with one attached hydrogen (secondary N) is 1. The smallest absolute Gasteiger partial charge is 0.337 e. The minimum Gasteiger partial charge on any atom is -0.465 e. The summed E-state index contributed by atoms with van der Waals surface area (Å²) in [4.78, 5) is 23.6. The summed E-state index contributed by atoms with van der Waals surface area (Å²) in [5.41, 5.74) is 2.51. The van der Waals surface area contributed by atoms with Crippen LogP contribution < -0.4 is 5.32 Å². The number of halogens is 1. The SMILES string of the molecule is COC(=O)c1ccc(CNC(=O)C(C)SCc2cccc(Cl)c2)cc1. The van der Waals surface area contributed by atoms with Crippen LogP contribution in [0, 0.1) is 0 Å². The van der Waals surface area contributed by atoms with Crippen LogP contribution in [0.25, 0.3) is 0 Å². The Morgan fingerprint density at radius 3 is 2.52 bits per heavy atom. The van der Waals surface area contributed by atoms with Gasteiger partial charge in [0.1, 0.15) is 0 Å². The highest BCUT2D eigenvalue weighted by molar-refractivity contribution is 7.99. The lowest BCUT2D eigenvalue weighted by atomic mass is 10.1. The molecule has 6 heteroatoms. The number of methoxy groups -OCH3 is 1. The van der Waals surface area contributed by atoms with E-state index in [2.05, 4.69) is 10.1 Å². The van der Waals surface area contributed by atoms with Crippen molar-refractivity contribution >= 4 is 35.2 Å². The second-order valence-corrected chi connectivity index (χ2v) is 7.26. The topological polar surface area (TPSA) is 55.4 Å². The Labute approximate surface area is 156 Å². The summed E-state index contributed by atoms with van der Waals surface area (Å²) in [6.45, 7) is 2.30. The van der Waals surface area contributed by atoms with Crippen molar-refractivity contribution < 1.29 is 14.3 Å². The Hall–Kier alpha value is -1.98. The van der Waals surface area contributed by atoms with Crippen LogP contribution in [0.3, 0.4) is 0 Å². The van der Waals surface area contributed by atoms with Gasteiger partial charge in [-0.3, -0.25) is 4.79 Å². The first kappa shape index (κ1) is 19.3. The molecule has 1 unspecified atom stereocenters. The van der Waals surface area contributed by atoms with Gasteiger partial charge in [-0.25, -0.2) is 4.79 Å². The maximum absolute atomic E-state index is 12.2. The fourth-order valence-electron chi connectivity index (χ4n) is 2.13. The Bertz CT molecular complexity index is 734. The summed E-state index contributed by atoms with van der Waals surface area (Å²) in [6.07, 6.45) is 0. The zero-order valence-corrected chi connectivity index (χ0v) is 15.7. The van der Waals surface area contributed by atoms with E-state index < -0.39 is 0 Å². The maximum Gasteiger partial charge on any atom is 0.337 e. The van der Waals surface area contributed by atoms with Gasteiger partial charge < -0.3 is 10.1 Å². The molecule has 25 heavy (non-hydrogen) atoms. The zero-order valence-electron chi connectivity index (χ0n) is 14.1. The molecular weight excluding hydrogens is 358 g/mol. The van der Waals surface area contributed by atoms with Crippen LogP contribution in [-0.4, -0.2) is 24.2 Å². The van der Waals surface area contributed by atoms with Gasteiger partial charge in [-0.05, 0) is 42.3 Å². The molecule has 0 aliphatic carbocycles. The van der Waals surface area contributed by atoms with Gasteiger partial charge in [0.15, 0.2) is 0 Å². The molecule has 0 radical (unpaired) electrons. The number of thioether (sulfide) groups is 1. The fourth-order valence-corrected chi connectivity index (χ4v) is 3.20. The molecule has 1 N–H and O–H groups in total. The maximum atomic E-state index is 12.2. The van der Waals surface area contributed by atoms with Crippen molar-refractivity contribution in [2.45, 2.75) is 24.5 Å². The highest BCUT2D eigenvalue weighted by Gasteiger charge is 2.13. The molecule has 0 aromatic heterocycles. The lowest BCUT2D eigenvalue weighted by Crippen LogP contribution is -2.30. The number of carbonyl (C=O) groups excluding carboxylic acids is 2. The van der Waals surface area contributed by atoms with Crippen molar-refractivity contribution in [2.75, 3.05) is 7.11 Å². The van der Waals surface area contributed by atoms with Gasteiger partial charge in [-0.1, -0.05) is 35.9 Å². The standard InChI is InChI=1S/C19H20ClNO3S/c1-13(25-12-15-4-3-5-17(20)10-15)18(22)21-11-14-6-8-16(9-7-14)19(23)24-2/h3-10,13H,11-12H2,1-2H3,(H,21,22). The van der Waals surface area contributed by atoms with E-state index in [0.717, 1.165) is 16.9 Å². The van der Waals surface area contributed by atoms with Gasteiger partial charge in [-0.2, -0.15) is 0 Å². The number of esters is 1. The first-order valence-electron chi connectivity index (χ1n) is 7.80. The molecule has 0 saturated heterocycles. The van der Waals surface area contributed by atoms with E-state index in [-0.39, 0.29) is 17.1 Å². The van der Waals surface area contributed by atoms with E-state index >= 15 is 0 Å². The fraction of sp³-hybridized carbons (Fsp3) is 0.263. The molecule has 2 rings (SSSR count). The third-order valence-electron chi connectivity index (χ3n) is 3.60. The molecule has 0 saturated carbocycles. The summed E-state index contributed by atoms with van der Waals surface area (Å²) < 4.78 is 4.66. The largest absolute Gasteiger partial charge is 0.465 e. The monoisotopic (exact) mass is 377 g/mol. The summed E-state index contributed by atoms with van der Waals surface area (Å²) in [6, 6.07) is 14.6.